The molecule has 0 aliphatic rings. The van der Waals surface area contributed by atoms with E-state index in [2.05, 4.69) is 6.92 Å². The van der Waals surface area contributed by atoms with Crippen molar-refractivity contribution in [1.82, 2.24) is 5.06 Å². The van der Waals surface area contributed by atoms with Crippen molar-refractivity contribution in [2.75, 3.05) is 13.2 Å². The molecule has 0 saturated heterocycles. The molecule has 0 N–H and O–H groups in total. The fraction of sp³-hybridized carbons (Fsp3) is 0.917. The maximum atomic E-state index is 11.5. The Labute approximate surface area is 93.7 Å². The highest BCUT2D eigenvalue weighted by atomic mass is 16.7. The Balaban J connectivity index is 3.56. The van der Waals surface area contributed by atoms with Gasteiger partial charge in [-0.1, -0.05) is 33.1 Å². The zero-order valence-electron chi connectivity index (χ0n) is 10.4. The quantitative estimate of drug-likeness (QED) is 0.437. The van der Waals surface area contributed by atoms with Crippen LogP contribution in [0.4, 0.5) is 0 Å². The van der Waals surface area contributed by atoms with Crippen LogP contribution >= 0.6 is 0 Å². The molecule has 0 aliphatic heterocycles. The minimum absolute atomic E-state index is 0.107. The van der Waals surface area contributed by atoms with Crippen molar-refractivity contribution in [1.29, 1.82) is 0 Å². The molecule has 0 heterocycles. The van der Waals surface area contributed by atoms with Crippen molar-refractivity contribution in [3.63, 3.8) is 0 Å². The SMILES string of the molecule is CCCCCCON(CC)C(=O)CCC. The summed E-state index contributed by atoms with van der Waals surface area (Å²) >= 11 is 0. The van der Waals surface area contributed by atoms with E-state index in [1.54, 1.807) is 0 Å². The van der Waals surface area contributed by atoms with Crippen LogP contribution in [0.3, 0.4) is 0 Å². The molecule has 0 spiro atoms. The molecule has 15 heavy (non-hydrogen) atoms. The summed E-state index contributed by atoms with van der Waals surface area (Å²) in [6.07, 6.45) is 6.18. The lowest BCUT2D eigenvalue weighted by atomic mass is 10.2. The summed E-state index contributed by atoms with van der Waals surface area (Å²) in [6, 6.07) is 0. The number of hydrogen-bond acceptors (Lipinski definition) is 2. The van der Waals surface area contributed by atoms with Crippen molar-refractivity contribution in [2.45, 2.75) is 59.3 Å². The van der Waals surface area contributed by atoms with E-state index in [1.807, 2.05) is 13.8 Å². The summed E-state index contributed by atoms with van der Waals surface area (Å²) in [5, 5.41) is 1.50. The zero-order valence-corrected chi connectivity index (χ0v) is 10.4. The predicted molar refractivity (Wildman–Crippen MR) is 62.4 cm³/mol. The normalized spacial score (nSPS) is 10.3. The number of carbonyl (C=O) groups excluding carboxylic acids is 1. The van der Waals surface area contributed by atoms with Crippen molar-refractivity contribution >= 4 is 5.91 Å². The van der Waals surface area contributed by atoms with Gasteiger partial charge in [0.15, 0.2) is 0 Å². The highest BCUT2D eigenvalue weighted by molar-refractivity contribution is 5.74. The topological polar surface area (TPSA) is 29.5 Å². The maximum absolute atomic E-state index is 11.5. The van der Waals surface area contributed by atoms with Crippen LogP contribution in [0.1, 0.15) is 59.3 Å². The number of hydroxylamine groups is 2. The Morgan fingerprint density at radius 2 is 1.80 bits per heavy atom. The Bertz CT molecular complexity index is 160. The van der Waals surface area contributed by atoms with E-state index in [9.17, 15) is 4.79 Å². The molecule has 0 aromatic carbocycles. The summed E-state index contributed by atoms with van der Waals surface area (Å²) in [4.78, 5) is 16.9. The number of rotatable bonds is 9. The number of nitrogens with zero attached hydrogens (tertiary/aromatic N) is 1. The highest BCUT2D eigenvalue weighted by Gasteiger charge is 2.10. The summed E-state index contributed by atoms with van der Waals surface area (Å²) < 4.78 is 0. The Kier molecular flexibility index (Phi) is 9.59. The first-order chi connectivity index (χ1) is 7.26. The molecule has 1 amide bonds. The Morgan fingerprint density at radius 3 is 2.33 bits per heavy atom. The van der Waals surface area contributed by atoms with E-state index in [4.69, 9.17) is 4.84 Å². The molecular formula is C12H25NO2. The second kappa shape index (κ2) is 9.97. The van der Waals surface area contributed by atoms with Crippen LogP contribution in [0.25, 0.3) is 0 Å². The standard InChI is InChI=1S/C12H25NO2/c1-4-7-8-9-11-15-13(6-3)12(14)10-5-2/h4-11H2,1-3H3. The molecule has 0 unspecified atom stereocenters. The van der Waals surface area contributed by atoms with Crippen LogP contribution < -0.4 is 0 Å². The molecule has 0 atom stereocenters. The number of carbonyl (C=O) groups is 1. The third-order valence-electron chi connectivity index (χ3n) is 2.27. The van der Waals surface area contributed by atoms with E-state index in [0.29, 0.717) is 19.6 Å². The van der Waals surface area contributed by atoms with Gasteiger partial charge in [-0.25, -0.2) is 5.06 Å². The summed E-state index contributed by atoms with van der Waals surface area (Å²) in [5.41, 5.74) is 0. The molecule has 0 radical (unpaired) electrons. The zero-order chi connectivity index (χ0) is 11.5. The second-order valence-corrected chi connectivity index (χ2v) is 3.73. The Hall–Kier alpha value is -0.570. The number of amides is 1. The molecular weight excluding hydrogens is 190 g/mol. The van der Waals surface area contributed by atoms with Gasteiger partial charge in [-0.05, 0) is 19.8 Å². The molecule has 0 aliphatic carbocycles. The first-order valence-electron chi connectivity index (χ1n) is 6.19. The van der Waals surface area contributed by atoms with Crippen molar-refractivity contribution in [3.05, 3.63) is 0 Å². The molecule has 0 bridgehead atoms. The molecule has 0 saturated carbocycles. The fourth-order valence-corrected chi connectivity index (χ4v) is 1.38. The number of hydrogen-bond donors (Lipinski definition) is 0. The van der Waals surface area contributed by atoms with E-state index in [0.717, 1.165) is 12.8 Å². The van der Waals surface area contributed by atoms with E-state index in [-0.39, 0.29) is 5.91 Å². The third kappa shape index (κ3) is 7.37. The van der Waals surface area contributed by atoms with Crippen LogP contribution in [-0.2, 0) is 9.63 Å². The van der Waals surface area contributed by atoms with Gasteiger partial charge in [0.25, 0.3) is 0 Å². The Morgan fingerprint density at radius 1 is 1.07 bits per heavy atom. The van der Waals surface area contributed by atoms with Crippen LogP contribution in [0, 0.1) is 0 Å². The van der Waals surface area contributed by atoms with Gasteiger partial charge in [0.2, 0.25) is 5.91 Å². The van der Waals surface area contributed by atoms with Gasteiger partial charge in [-0.15, -0.1) is 0 Å². The maximum Gasteiger partial charge on any atom is 0.246 e. The lowest BCUT2D eigenvalue weighted by Crippen LogP contribution is -2.31. The third-order valence-corrected chi connectivity index (χ3v) is 2.27. The van der Waals surface area contributed by atoms with Gasteiger partial charge < -0.3 is 0 Å². The van der Waals surface area contributed by atoms with Crippen molar-refractivity contribution < 1.29 is 9.63 Å². The average Bonchev–Trinajstić information content (AvgIpc) is 2.23. The lowest BCUT2D eigenvalue weighted by molar-refractivity contribution is -0.185. The van der Waals surface area contributed by atoms with Gasteiger partial charge >= 0.3 is 0 Å². The summed E-state index contributed by atoms with van der Waals surface area (Å²) in [6.45, 7) is 7.45. The van der Waals surface area contributed by atoms with Gasteiger partial charge in [0, 0.05) is 13.0 Å². The van der Waals surface area contributed by atoms with Crippen LogP contribution in [0.15, 0.2) is 0 Å². The van der Waals surface area contributed by atoms with E-state index in [1.165, 1.54) is 24.3 Å². The number of unbranched alkanes of at least 4 members (excludes halogenated alkanes) is 3. The smallest absolute Gasteiger partial charge is 0.246 e. The predicted octanol–water partition coefficient (Wildman–Crippen LogP) is 3.15. The lowest BCUT2D eigenvalue weighted by Gasteiger charge is -2.19. The van der Waals surface area contributed by atoms with E-state index < -0.39 is 0 Å². The van der Waals surface area contributed by atoms with Crippen LogP contribution in [0.5, 0.6) is 0 Å². The largest absolute Gasteiger partial charge is 0.273 e. The molecule has 0 fully saturated rings. The van der Waals surface area contributed by atoms with Crippen molar-refractivity contribution in [2.24, 2.45) is 0 Å². The fourth-order valence-electron chi connectivity index (χ4n) is 1.38. The average molecular weight is 215 g/mol. The highest BCUT2D eigenvalue weighted by Crippen LogP contribution is 2.03. The first kappa shape index (κ1) is 14.4. The van der Waals surface area contributed by atoms with Gasteiger partial charge in [0.05, 0.1) is 6.61 Å². The molecule has 0 aromatic heterocycles. The minimum atomic E-state index is 0.107. The molecule has 3 heteroatoms. The van der Waals surface area contributed by atoms with E-state index >= 15 is 0 Å². The molecule has 0 aromatic rings. The minimum Gasteiger partial charge on any atom is -0.273 e. The first-order valence-corrected chi connectivity index (χ1v) is 6.19. The molecule has 0 rings (SSSR count). The summed E-state index contributed by atoms with van der Waals surface area (Å²) in [5.74, 6) is 0.107. The van der Waals surface area contributed by atoms with Crippen molar-refractivity contribution in [3.8, 4) is 0 Å². The van der Waals surface area contributed by atoms with Crippen LogP contribution in [-0.4, -0.2) is 24.1 Å². The van der Waals surface area contributed by atoms with Gasteiger partial charge in [0.1, 0.15) is 0 Å². The molecule has 3 nitrogen and oxygen atoms in total. The molecule has 90 valence electrons. The monoisotopic (exact) mass is 215 g/mol. The second-order valence-electron chi connectivity index (χ2n) is 3.73. The summed E-state index contributed by atoms with van der Waals surface area (Å²) in [7, 11) is 0. The van der Waals surface area contributed by atoms with Crippen LogP contribution in [0.2, 0.25) is 0 Å². The van der Waals surface area contributed by atoms with Gasteiger partial charge in [-0.2, -0.15) is 0 Å². The van der Waals surface area contributed by atoms with Gasteiger partial charge in [-0.3, -0.25) is 9.63 Å².